The second kappa shape index (κ2) is 18.1. The number of oxazole rings is 1. The highest BCUT2D eigenvalue weighted by Crippen LogP contribution is 2.32. The molecule has 5 aromatic rings. The summed E-state index contributed by atoms with van der Waals surface area (Å²) in [6, 6.07) is 16.3. The van der Waals surface area contributed by atoms with E-state index in [-0.39, 0.29) is 22.9 Å². The van der Waals surface area contributed by atoms with Crippen LogP contribution in [0.4, 0.5) is 28.9 Å². The molecule has 0 bridgehead atoms. The summed E-state index contributed by atoms with van der Waals surface area (Å²) in [6.45, 7) is 0.634. The minimum absolute atomic E-state index is 0.0247. The zero-order chi connectivity index (χ0) is 43.5. The van der Waals surface area contributed by atoms with Crippen LogP contribution in [0, 0.1) is 23.3 Å². The molecule has 318 valence electrons. The summed E-state index contributed by atoms with van der Waals surface area (Å²) in [7, 11) is 6.49. The molecule has 4 atom stereocenters. The van der Waals surface area contributed by atoms with Crippen LogP contribution in [0.25, 0.3) is 22.8 Å². The maximum Gasteiger partial charge on any atom is 0.247 e. The number of hydrogen-bond donors (Lipinski definition) is 2. The summed E-state index contributed by atoms with van der Waals surface area (Å²) in [4.78, 5) is 64.7. The fourth-order valence-electron chi connectivity index (χ4n) is 8.04. The molecule has 0 saturated carbocycles. The predicted octanol–water partition coefficient (Wildman–Crippen LogP) is 7.03. The average molecular weight is 840 g/mol. The standard InChI is InChI=1S/C45H45F4N7O5/c1-53(2)39(32-19-13-28(46)23-34(32)48)44(59)55-21-5-7-36(55)41(57)51-30-15-9-26(10-16-30)38-25-50-43(61-38)27-11-17-31(18-12-27)52-42(58)37-8-6-22-56(37)45(60)40(54(3)4)33-20-14-29(47)24-35(33)49/h9-20,23-25,36-37,39-40H,5-8,21-22H2,1-4H3,(H,51,57)(H,52,58)/t36?,37-,39?,40-/m0/s1. The quantitative estimate of drug-likeness (QED) is 0.128. The molecule has 2 N–H and O–H groups in total. The molecule has 7 rings (SSSR count). The lowest BCUT2D eigenvalue weighted by Gasteiger charge is -2.31. The Kier molecular flexibility index (Phi) is 12.7. The fraction of sp³-hybridized carbons (Fsp3) is 0.311. The number of anilines is 2. The molecule has 2 aliphatic heterocycles. The molecule has 1 aromatic heterocycles. The number of nitrogens with one attached hydrogen (secondary N) is 2. The molecule has 12 nitrogen and oxygen atoms in total. The molecule has 4 aromatic carbocycles. The van der Waals surface area contributed by atoms with E-state index in [1.54, 1.807) is 82.9 Å². The van der Waals surface area contributed by atoms with Crippen molar-refractivity contribution < 1.29 is 41.2 Å². The Morgan fingerprint density at radius 3 is 1.48 bits per heavy atom. The molecule has 2 unspecified atom stereocenters. The number of nitrogens with zero attached hydrogens (tertiary/aromatic N) is 5. The van der Waals surface area contributed by atoms with Crippen LogP contribution in [0.2, 0.25) is 0 Å². The SMILES string of the molecule is CN(C)C(C(=O)N1CCCC1C(=O)Nc1ccc(-c2cnc(-c3ccc(NC(=O)[C@@H]4CCCN4C(=O)[C@H](c4ccc(F)cc4F)N(C)C)cc3)o2)cc1)c1ccc(F)cc1F. The normalized spacial score (nSPS) is 17.5. The zero-order valence-electron chi connectivity index (χ0n) is 34.0. The van der Waals surface area contributed by atoms with Crippen molar-refractivity contribution >= 4 is 35.0 Å². The van der Waals surface area contributed by atoms with Gasteiger partial charge in [-0.1, -0.05) is 12.1 Å². The van der Waals surface area contributed by atoms with Gasteiger partial charge in [0.25, 0.3) is 0 Å². The molecule has 3 heterocycles. The minimum Gasteiger partial charge on any atom is -0.436 e. The Balaban J connectivity index is 0.958. The van der Waals surface area contributed by atoms with E-state index in [9.17, 15) is 36.7 Å². The third-order valence-electron chi connectivity index (χ3n) is 11.0. The highest BCUT2D eigenvalue weighted by molar-refractivity contribution is 5.99. The third kappa shape index (κ3) is 9.20. The van der Waals surface area contributed by atoms with Gasteiger partial charge in [0.05, 0.1) is 6.20 Å². The molecule has 2 fully saturated rings. The van der Waals surface area contributed by atoms with Crippen LogP contribution in [-0.4, -0.2) is 102 Å². The first kappa shape index (κ1) is 42.7. The number of likely N-dealkylation sites (N-methyl/N-ethyl adjacent to an activating group) is 2. The van der Waals surface area contributed by atoms with Gasteiger partial charge >= 0.3 is 0 Å². The van der Waals surface area contributed by atoms with Gasteiger partial charge in [-0.05, 0) is 115 Å². The first-order valence-electron chi connectivity index (χ1n) is 19.8. The Hall–Kier alpha value is -6.39. The number of likely N-dealkylation sites (tertiary alicyclic amines) is 2. The molecule has 2 aliphatic rings. The van der Waals surface area contributed by atoms with Crippen LogP contribution in [-0.2, 0) is 19.2 Å². The molecule has 0 radical (unpaired) electrons. The lowest BCUT2D eigenvalue weighted by molar-refractivity contribution is -0.141. The smallest absolute Gasteiger partial charge is 0.247 e. The van der Waals surface area contributed by atoms with Gasteiger partial charge in [-0.25, -0.2) is 22.5 Å². The number of carbonyl (C=O) groups excluding carboxylic acids is 4. The number of halogens is 4. The van der Waals surface area contributed by atoms with Crippen LogP contribution >= 0.6 is 0 Å². The number of rotatable bonds is 12. The Bertz CT molecular complexity index is 2260. The van der Waals surface area contributed by atoms with Crippen molar-refractivity contribution in [1.29, 1.82) is 0 Å². The van der Waals surface area contributed by atoms with Crippen molar-refractivity contribution in [1.82, 2.24) is 24.6 Å². The molecular weight excluding hydrogens is 795 g/mol. The first-order chi connectivity index (χ1) is 29.2. The van der Waals surface area contributed by atoms with E-state index in [0.717, 1.165) is 24.3 Å². The third-order valence-corrected chi connectivity index (χ3v) is 11.0. The molecule has 0 aliphatic carbocycles. The van der Waals surface area contributed by atoms with E-state index in [2.05, 4.69) is 15.6 Å². The summed E-state index contributed by atoms with van der Waals surface area (Å²) in [6.07, 6.45) is 3.59. The van der Waals surface area contributed by atoms with Crippen molar-refractivity contribution in [2.24, 2.45) is 0 Å². The van der Waals surface area contributed by atoms with Gasteiger partial charge < -0.3 is 24.9 Å². The monoisotopic (exact) mass is 839 g/mol. The number of aromatic nitrogens is 1. The second-order valence-electron chi connectivity index (χ2n) is 15.6. The van der Waals surface area contributed by atoms with Gasteiger partial charge in [-0.3, -0.25) is 29.0 Å². The van der Waals surface area contributed by atoms with E-state index in [0.29, 0.717) is 72.9 Å². The highest BCUT2D eigenvalue weighted by Gasteiger charge is 2.41. The fourth-order valence-corrected chi connectivity index (χ4v) is 8.04. The van der Waals surface area contributed by atoms with E-state index in [4.69, 9.17) is 4.42 Å². The summed E-state index contributed by atoms with van der Waals surface area (Å²) in [5.41, 5.74) is 2.34. The summed E-state index contributed by atoms with van der Waals surface area (Å²) >= 11 is 0. The van der Waals surface area contributed by atoms with Crippen molar-refractivity contribution in [2.75, 3.05) is 51.9 Å². The van der Waals surface area contributed by atoms with Gasteiger partial charge in [0.15, 0.2) is 5.76 Å². The zero-order valence-corrected chi connectivity index (χ0v) is 34.0. The largest absolute Gasteiger partial charge is 0.436 e. The molecule has 16 heteroatoms. The summed E-state index contributed by atoms with van der Waals surface area (Å²) < 4.78 is 62.8. The van der Waals surface area contributed by atoms with Crippen LogP contribution in [0.15, 0.2) is 95.5 Å². The lowest BCUT2D eigenvalue weighted by Crippen LogP contribution is -2.47. The van der Waals surface area contributed by atoms with Crippen LogP contribution < -0.4 is 10.6 Å². The molecule has 2 saturated heterocycles. The first-order valence-corrected chi connectivity index (χ1v) is 19.8. The highest BCUT2D eigenvalue weighted by atomic mass is 19.1. The van der Waals surface area contributed by atoms with Crippen LogP contribution in [0.3, 0.4) is 0 Å². The Labute approximate surface area is 350 Å². The van der Waals surface area contributed by atoms with Gasteiger partial charge in [-0.15, -0.1) is 0 Å². The van der Waals surface area contributed by atoms with Crippen LogP contribution in [0.5, 0.6) is 0 Å². The molecular formula is C45H45F4N7O5. The summed E-state index contributed by atoms with van der Waals surface area (Å²) in [5, 5.41) is 5.75. The van der Waals surface area contributed by atoms with E-state index in [1.165, 1.54) is 31.7 Å². The molecule has 61 heavy (non-hydrogen) atoms. The number of carbonyl (C=O) groups is 4. The summed E-state index contributed by atoms with van der Waals surface area (Å²) in [5.74, 6) is -4.07. The maximum atomic E-state index is 14.7. The minimum atomic E-state index is -1.04. The second-order valence-corrected chi connectivity index (χ2v) is 15.6. The van der Waals surface area contributed by atoms with Crippen molar-refractivity contribution in [3.05, 3.63) is 126 Å². The topological polar surface area (TPSA) is 131 Å². The van der Waals surface area contributed by atoms with E-state index >= 15 is 0 Å². The van der Waals surface area contributed by atoms with Gasteiger partial charge in [-0.2, -0.15) is 0 Å². The maximum absolute atomic E-state index is 14.7. The van der Waals surface area contributed by atoms with Gasteiger partial charge in [0.1, 0.15) is 47.4 Å². The Morgan fingerprint density at radius 1 is 0.639 bits per heavy atom. The van der Waals surface area contributed by atoms with E-state index in [1.807, 2.05) is 0 Å². The molecule has 0 spiro atoms. The van der Waals surface area contributed by atoms with Gasteiger partial charge in [0.2, 0.25) is 29.5 Å². The van der Waals surface area contributed by atoms with Crippen molar-refractivity contribution in [3.8, 4) is 22.8 Å². The Morgan fingerprint density at radius 2 is 1.07 bits per heavy atom. The molecule has 4 amide bonds. The van der Waals surface area contributed by atoms with Crippen molar-refractivity contribution in [2.45, 2.75) is 49.9 Å². The number of hydrogen-bond acceptors (Lipinski definition) is 8. The predicted molar refractivity (Wildman–Crippen MR) is 220 cm³/mol. The lowest BCUT2D eigenvalue weighted by atomic mass is 10.0. The van der Waals surface area contributed by atoms with E-state index < -0.39 is 59.3 Å². The van der Waals surface area contributed by atoms with Crippen LogP contribution in [0.1, 0.15) is 48.9 Å². The number of amides is 4. The van der Waals surface area contributed by atoms with Crippen molar-refractivity contribution in [3.63, 3.8) is 0 Å². The average Bonchev–Trinajstić information content (AvgIpc) is 4.02. The van der Waals surface area contributed by atoms with Gasteiger partial charge in [0, 0.05) is 58.9 Å². The number of benzene rings is 4.